The summed E-state index contributed by atoms with van der Waals surface area (Å²) in [6, 6.07) is 0. The lowest BCUT2D eigenvalue weighted by Crippen LogP contribution is -2.27. The van der Waals surface area contributed by atoms with Gasteiger partial charge in [-0.1, -0.05) is 25.2 Å². The SMILES string of the molecule is C=CCC(C)C1(CC(=O)O)C=CCC1. The number of rotatable bonds is 5. The van der Waals surface area contributed by atoms with Gasteiger partial charge in [-0.05, 0) is 25.2 Å². The van der Waals surface area contributed by atoms with Crippen molar-refractivity contribution in [1.82, 2.24) is 0 Å². The number of carboxylic acids is 1. The first-order chi connectivity index (χ1) is 6.60. The topological polar surface area (TPSA) is 37.3 Å². The average Bonchev–Trinajstić information content (AvgIpc) is 2.53. The number of carboxylic acid groups (broad SMARTS) is 1. The number of hydrogen-bond acceptors (Lipinski definition) is 1. The van der Waals surface area contributed by atoms with Gasteiger partial charge in [0.15, 0.2) is 0 Å². The normalized spacial score (nSPS) is 27.5. The van der Waals surface area contributed by atoms with E-state index in [2.05, 4.69) is 25.7 Å². The van der Waals surface area contributed by atoms with Crippen molar-refractivity contribution in [2.45, 2.75) is 32.6 Å². The molecule has 0 amide bonds. The third kappa shape index (κ3) is 2.25. The first-order valence-corrected chi connectivity index (χ1v) is 5.11. The van der Waals surface area contributed by atoms with E-state index in [-0.39, 0.29) is 11.8 Å². The van der Waals surface area contributed by atoms with Crippen LogP contribution < -0.4 is 0 Å². The van der Waals surface area contributed by atoms with Crippen LogP contribution in [0.3, 0.4) is 0 Å². The summed E-state index contributed by atoms with van der Waals surface area (Å²) in [6.07, 6.45) is 9.18. The summed E-state index contributed by atoms with van der Waals surface area (Å²) in [4.78, 5) is 10.8. The van der Waals surface area contributed by atoms with Gasteiger partial charge < -0.3 is 5.11 Å². The summed E-state index contributed by atoms with van der Waals surface area (Å²) in [5.74, 6) is -0.331. The molecule has 1 N–H and O–H groups in total. The molecule has 0 aromatic rings. The fourth-order valence-electron chi connectivity index (χ4n) is 2.25. The van der Waals surface area contributed by atoms with Gasteiger partial charge in [0.25, 0.3) is 0 Å². The molecule has 2 atom stereocenters. The lowest BCUT2D eigenvalue weighted by molar-refractivity contribution is -0.139. The van der Waals surface area contributed by atoms with Crippen molar-refractivity contribution in [2.75, 3.05) is 0 Å². The van der Waals surface area contributed by atoms with Crippen molar-refractivity contribution >= 4 is 5.97 Å². The van der Waals surface area contributed by atoms with Crippen LogP contribution in [0, 0.1) is 11.3 Å². The molecular formula is C12H18O2. The van der Waals surface area contributed by atoms with Gasteiger partial charge in [-0.3, -0.25) is 4.79 Å². The van der Waals surface area contributed by atoms with E-state index in [1.807, 2.05) is 6.08 Å². The molecule has 14 heavy (non-hydrogen) atoms. The Kier molecular flexibility index (Phi) is 3.50. The summed E-state index contributed by atoms with van der Waals surface area (Å²) in [5.41, 5.74) is -0.125. The predicted octanol–water partition coefficient (Wildman–Crippen LogP) is 3.01. The minimum Gasteiger partial charge on any atom is -0.481 e. The second kappa shape index (κ2) is 4.45. The molecule has 0 aromatic heterocycles. The van der Waals surface area contributed by atoms with Gasteiger partial charge in [0.05, 0.1) is 6.42 Å². The van der Waals surface area contributed by atoms with Gasteiger partial charge in [-0.15, -0.1) is 6.58 Å². The maximum Gasteiger partial charge on any atom is 0.304 e. The quantitative estimate of drug-likeness (QED) is 0.683. The van der Waals surface area contributed by atoms with Gasteiger partial charge in [-0.2, -0.15) is 0 Å². The van der Waals surface area contributed by atoms with Crippen LogP contribution in [0.2, 0.25) is 0 Å². The second-order valence-electron chi connectivity index (χ2n) is 4.17. The number of allylic oxidation sites excluding steroid dienone is 3. The molecule has 1 rings (SSSR count). The average molecular weight is 194 g/mol. The standard InChI is InChI=1S/C12H18O2/c1-3-6-10(2)12(9-11(13)14)7-4-5-8-12/h3-4,7,10H,1,5-6,8-9H2,2H3,(H,13,14). The maximum atomic E-state index is 10.8. The fourth-order valence-corrected chi connectivity index (χ4v) is 2.25. The summed E-state index contributed by atoms with van der Waals surface area (Å²) >= 11 is 0. The van der Waals surface area contributed by atoms with Crippen LogP contribution in [0.25, 0.3) is 0 Å². The molecular weight excluding hydrogens is 176 g/mol. The highest BCUT2D eigenvalue weighted by Crippen LogP contribution is 2.43. The molecule has 2 nitrogen and oxygen atoms in total. The highest BCUT2D eigenvalue weighted by Gasteiger charge is 2.36. The summed E-state index contributed by atoms with van der Waals surface area (Å²) in [5, 5.41) is 8.90. The van der Waals surface area contributed by atoms with Gasteiger partial charge in [-0.25, -0.2) is 0 Å². The molecule has 0 radical (unpaired) electrons. The van der Waals surface area contributed by atoms with Crippen molar-refractivity contribution < 1.29 is 9.90 Å². The third-order valence-corrected chi connectivity index (χ3v) is 3.21. The molecule has 0 saturated heterocycles. The molecule has 2 unspecified atom stereocenters. The lowest BCUT2D eigenvalue weighted by Gasteiger charge is -2.32. The lowest BCUT2D eigenvalue weighted by atomic mass is 9.72. The van der Waals surface area contributed by atoms with Crippen molar-refractivity contribution in [1.29, 1.82) is 0 Å². The van der Waals surface area contributed by atoms with Crippen molar-refractivity contribution in [3.05, 3.63) is 24.8 Å². The van der Waals surface area contributed by atoms with E-state index in [9.17, 15) is 4.79 Å². The van der Waals surface area contributed by atoms with E-state index in [4.69, 9.17) is 5.11 Å². The van der Waals surface area contributed by atoms with Crippen LogP contribution in [0.1, 0.15) is 32.6 Å². The molecule has 0 aliphatic heterocycles. The van der Waals surface area contributed by atoms with E-state index in [1.165, 1.54) is 0 Å². The zero-order valence-electron chi connectivity index (χ0n) is 8.70. The highest BCUT2D eigenvalue weighted by atomic mass is 16.4. The Bertz CT molecular complexity index is 255. The van der Waals surface area contributed by atoms with Crippen LogP contribution in [0.15, 0.2) is 24.8 Å². The maximum absolute atomic E-state index is 10.8. The molecule has 0 saturated carbocycles. The molecule has 2 heteroatoms. The van der Waals surface area contributed by atoms with E-state index in [0.29, 0.717) is 5.92 Å². The molecule has 0 aromatic carbocycles. The first-order valence-electron chi connectivity index (χ1n) is 5.11. The smallest absolute Gasteiger partial charge is 0.304 e. The molecule has 0 fully saturated rings. The zero-order chi connectivity index (χ0) is 10.6. The highest BCUT2D eigenvalue weighted by molar-refractivity contribution is 5.68. The van der Waals surface area contributed by atoms with Crippen LogP contribution in [0.4, 0.5) is 0 Å². The summed E-state index contributed by atoms with van der Waals surface area (Å²) in [6.45, 7) is 5.82. The predicted molar refractivity (Wildman–Crippen MR) is 57.0 cm³/mol. The summed E-state index contributed by atoms with van der Waals surface area (Å²) in [7, 11) is 0. The van der Waals surface area contributed by atoms with E-state index >= 15 is 0 Å². The van der Waals surface area contributed by atoms with Crippen LogP contribution >= 0.6 is 0 Å². The molecule has 0 heterocycles. The van der Waals surface area contributed by atoms with E-state index in [1.54, 1.807) is 0 Å². The van der Waals surface area contributed by atoms with Gasteiger partial charge in [0.2, 0.25) is 0 Å². The van der Waals surface area contributed by atoms with Crippen LogP contribution in [0.5, 0.6) is 0 Å². The molecule has 0 spiro atoms. The monoisotopic (exact) mass is 194 g/mol. The largest absolute Gasteiger partial charge is 0.481 e. The molecule has 1 aliphatic carbocycles. The van der Waals surface area contributed by atoms with E-state index in [0.717, 1.165) is 19.3 Å². The Morgan fingerprint density at radius 1 is 1.79 bits per heavy atom. The first kappa shape index (κ1) is 11.0. The minimum atomic E-state index is -0.701. The van der Waals surface area contributed by atoms with Gasteiger partial charge in [0.1, 0.15) is 0 Å². The second-order valence-corrected chi connectivity index (χ2v) is 4.17. The zero-order valence-corrected chi connectivity index (χ0v) is 8.70. The van der Waals surface area contributed by atoms with Crippen molar-refractivity contribution in [3.8, 4) is 0 Å². The Hall–Kier alpha value is -1.05. The van der Waals surface area contributed by atoms with E-state index < -0.39 is 5.97 Å². The Labute approximate surface area is 85.3 Å². The number of aliphatic carboxylic acids is 1. The van der Waals surface area contributed by atoms with Crippen molar-refractivity contribution in [2.24, 2.45) is 11.3 Å². The van der Waals surface area contributed by atoms with Gasteiger partial charge in [0, 0.05) is 5.41 Å². The van der Waals surface area contributed by atoms with Crippen molar-refractivity contribution in [3.63, 3.8) is 0 Å². The Morgan fingerprint density at radius 2 is 2.50 bits per heavy atom. The summed E-state index contributed by atoms with van der Waals surface area (Å²) < 4.78 is 0. The fraction of sp³-hybridized carbons (Fsp3) is 0.583. The van der Waals surface area contributed by atoms with Gasteiger partial charge >= 0.3 is 5.97 Å². The Morgan fingerprint density at radius 3 is 2.93 bits per heavy atom. The minimum absolute atomic E-state index is 0.125. The Balaban J connectivity index is 2.75. The molecule has 0 bridgehead atoms. The van der Waals surface area contributed by atoms with Crippen LogP contribution in [-0.4, -0.2) is 11.1 Å². The molecule has 78 valence electrons. The third-order valence-electron chi connectivity index (χ3n) is 3.21. The van der Waals surface area contributed by atoms with Crippen LogP contribution in [-0.2, 0) is 4.79 Å². The molecule has 1 aliphatic rings. The number of carbonyl (C=O) groups is 1. The number of hydrogen-bond donors (Lipinski definition) is 1.